The number of hydrogen-bond donors (Lipinski definition) is 3. The van der Waals surface area contributed by atoms with Gasteiger partial charge in [0.15, 0.2) is 0 Å². The van der Waals surface area contributed by atoms with Crippen molar-refractivity contribution in [2.75, 3.05) is 0 Å². The first kappa shape index (κ1) is 4.68. The van der Waals surface area contributed by atoms with Crippen molar-refractivity contribution in [3.8, 4) is 0 Å². The second-order valence-corrected chi connectivity index (χ2v) is 2.32. The Morgan fingerprint density at radius 1 is 1.00 bits per heavy atom. The molecule has 0 rings (SSSR count). The Bertz CT molecular complexity index is 8.00. The predicted molar refractivity (Wildman–Crippen MR) is 13.8 cm³/mol. The van der Waals surface area contributed by atoms with E-state index in [4.69, 9.17) is 10.3 Å². The van der Waals surface area contributed by atoms with E-state index in [2.05, 4.69) is 0 Å². The SMILES string of the molecule is [OH][SnH]([OH])[OH]. The molecule has 0 saturated carbocycles. The summed E-state index contributed by atoms with van der Waals surface area (Å²) in [6, 6.07) is 0. The monoisotopic (exact) mass is 172 g/mol. The fraction of sp³-hybridized carbons (Fsp3) is 0. The van der Waals surface area contributed by atoms with E-state index in [0.29, 0.717) is 0 Å². The van der Waals surface area contributed by atoms with Crippen LogP contribution in [0, 0.1) is 0 Å². The molecule has 0 saturated heterocycles. The topological polar surface area (TPSA) is 60.7 Å². The van der Waals surface area contributed by atoms with Gasteiger partial charge in [-0.3, -0.25) is 0 Å². The van der Waals surface area contributed by atoms with E-state index in [-0.39, 0.29) is 0 Å². The Morgan fingerprint density at radius 3 is 1.00 bits per heavy atom. The third-order valence-electron chi connectivity index (χ3n) is 0. The van der Waals surface area contributed by atoms with Gasteiger partial charge in [-0.05, 0) is 0 Å². The molecule has 3 nitrogen and oxygen atoms in total. The van der Waals surface area contributed by atoms with Gasteiger partial charge in [0.1, 0.15) is 0 Å². The standard InChI is InChI=1S/3H2O.Sn.H/h3*1H2;;/q;;;+3;/p-3. The van der Waals surface area contributed by atoms with Crippen LogP contribution in [0.15, 0.2) is 0 Å². The van der Waals surface area contributed by atoms with Gasteiger partial charge >= 0.3 is 31.3 Å². The van der Waals surface area contributed by atoms with Crippen LogP contribution in [-0.2, 0) is 0 Å². The summed E-state index contributed by atoms with van der Waals surface area (Å²) in [6.45, 7) is 0. The summed E-state index contributed by atoms with van der Waals surface area (Å²) in [5, 5.41) is 0. The van der Waals surface area contributed by atoms with Crippen LogP contribution >= 0.6 is 0 Å². The van der Waals surface area contributed by atoms with E-state index in [0.717, 1.165) is 0 Å². The number of hydrogen-bond acceptors (Lipinski definition) is 3. The van der Waals surface area contributed by atoms with Gasteiger partial charge in [0.25, 0.3) is 0 Å². The molecule has 0 spiro atoms. The summed E-state index contributed by atoms with van der Waals surface area (Å²) >= 11 is -3.64. The Balaban J connectivity index is 2.32. The molecule has 0 bridgehead atoms. The second-order valence-electron chi connectivity index (χ2n) is 0.346. The van der Waals surface area contributed by atoms with E-state index in [1.807, 2.05) is 0 Å². The molecule has 26 valence electrons. The third kappa shape index (κ3) is 16.4. The van der Waals surface area contributed by atoms with Crippen LogP contribution in [0.25, 0.3) is 0 Å². The summed E-state index contributed by atoms with van der Waals surface area (Å²) in [5.41, 5.74) is 0. The molecule has 4 heteroatoms. The van der Waals surface area contributed by atoms with Crippen molar-refractivity contribution in [3.63, 3.8) is 0 Å². The van der Waals surface area contributed by atoms with Gasteiger partial charge in [-0.2, -0.15) is 0 Å². The maximum absolute atomic E-state index is 7.38. The molecule has 0 aromatic rings. The average molecular weight is 171 g/mol. The van der Waals surface area contributed by atoms with Crippen molar-refractivity contribution in [3.05, 3.63) is 0 Å². The van der Waals surface area contributed by atoms with Crippen LogP contribution < -0.4 is 0 Å². The summed E-state index contributed by atoms with van der Waals surface area (Å²) in [5.74, 6) is 0. The Labute approximate surface area is 31.9 Å². The van der Waals surface area contributed by atoms with E-state index in [9.17, 15) is 0 Å². The van der Waals surface area contributed by atoms with Crippen LogP contribution in [0.1, 0.15) is 0 Å². The molecular formula is H4O3Sn. The predicted octanol–water partition coefficient (Wildman–Crippen LogP) is -2.32. The van der Waals surface area contributed by atoms with Gasteiger partial charge < -0.3 is 0 Å². The first-order chi connectivity index (χ1) is 1.73. The summed E-state index contributed by atoms with van der Waals surface area (Å²) in [7, 11) is 0. The van der Waals surface area contributed by atoms with Crippen molar-refractivity contribution in [2.24, 2.45) is 0 Å². The van der Waals surface area contributed by atoms with Crippen LogP contribution in [0.2, 0.25) is 0 Å². The van der Waals surface area contributed by atoms with Crippen molar-refractivity contribution in [2.45, 2.75) is 0 Å². The maximum atomic E-state index is 7.38. The van der Waals surface area contributed by atoms with Crippen LogP contribution in [-0.4, -0.2) is 31.3 Å². The molecule has 0 radical (unpaired) electrons. The van der Waals surface area contributed by atoms with Crippen molar-refractivity contribution >= 4 is 21.0 Å². The zero-order valence-electron chi connectivity index (χ0n) is 1.92. The Hall–Kier alpha value is 0.679. The molecule has 0 amide bonds. The first-order valence-corrected chi connectivity index (χ1v) is 5.20. The zero-order valence-corrected chi connectivity index (χ0v) is 5.21. The first-order valence-electron chi connectivity index (χ1n) is 0.775. The second kappa shape index (κ2) is 1.95. The van der Waals surface area contributed by atoms with E-state index in [1.165, 1.54) is 0 Å². The van der Waals surface area contributed by atoms with E-state index < -0.39 is 21.0 Å². The summed E-state index contributed by atoms with van der Waals surface area (Å²) in [4.78, 5) is 0. The van der Waals surface area contributed by atoms with Gasteiger partial charge in [-0.1, -0.05) is 0 Å². The number of rotatable bonds is 0. The van der Waals surface area contributed by atoms with Crippen molar-refractivity contribution in [1.29, 1.82) is 0 Å². The third-order valence-corrected chi connectivity index (χ3v) is 0. The molecule has 0 aliphatic heterocycles. The average Bonchev–Trinajstić information content (AvgIpc) is 0.811. The van der Waals surface area contributed by atoms with Gasteiger partial charge in [0.2, 0.25) is 0 Å². The molecule has 0 fully saturated rings. The van der Waals surface area contributed by atoms with E-state index in [1.54, 1.807) is 0 Å². The molecule has 0 aliphatic rings. The molecule has 0 aromatic heterocycles. The van der Waals surface area contributed by atoms with Crippen molar-refractivity contribution < 1.29 is 10.3 Å². The van der Waals surface area contributed by atoms with Crippen LogP contribution in [0.4, 0.5) is 0 Å². The molecule has 0 aromatic carbocycles. The van der Waals surface area contributed by atoms with Gasteiger partial charge in [0, 0.05) is 0 Å². The molecule has 4 heavy (non-hydrogen) atoms. The quantitative estimate of drug-likeness (QED) is 0.358. The van der Waals surface area contributed by atoms with Crippen LogP contribution in [0.5, 0.6) is 0 Å². The minimum absolute atomic E-state index is 3.64. The van der Waals surface area contributed by atoms with E-state index >= 15 is 0 Å². The Morgan fingerprint density at radius 2 is 1.00 bits per heavy atom. The fourth-order valence-electron chi connectivity index (χ4n) is 0. The zero-order chi connectivity index (χ0) is 3.58. The molecule has 0 unspecified atom stereocenters. The van der Waals surface area contributed by atoms with Crippen LogP contribution in [0.3, 0.4) is 0 Å². The van der Waals surface area contributed by atoms with Gasteiger partial charge in [0.05, 0.1) is 0 Å². The molecule has 3 N–H and O–H groups in total. The Kier molecular flexibility index (Phi) is 2.28. The fourth-order valence-corrected chi connectivity index (χ4v) is 0. The summed E-state index contributed by atoms with van der Waals surface area (Å²) < 4.78 is 22.1. The molecule has 0 aliphatic carbocycles. The normalized spacial score (nSPS) is 9.00. The van der Waals surface area contributed by atoms with Gasteiger partial charge in [-0.15, -0.1) is 0 Å². The minimum atomic E-state index is -3.64. The molecular weight excluding hydrogens is 167 g/mol. The molecule has 0 heterocycles. The van der Waals surface area contributed by atoms with Gasteiger partial charge in [-0.25, -0.2) is 0 Å². The molecule has 0 atom stereocenters. The van der Waals surface area contributed by atoms with Crippen molar-refractivity contribution in [1.82, 2.24) is 0 Å². The summed E-state index contributed by atoms with van der Waals surface area (Å²) in [6.07, 6.45) is 0.